The maximum atomic E-state index is 12.4. The van der Waals surface area contributed by atoms with E-state index in [-0.39, 0.29) is 5.91 Å². The number of nitrogens with one attached hydrogen (secondary N) is 1. The van der Waals surface area contributed by atoms with Gasteiger partial charge in [0.25, 0.3) is 5.91 Å². The second-order valence-electron chi connectivity index (χ2n) is 4.91. The Balaban J connectivity index is 2.35. The van der Waals surface area contributed by atoms with Crippen molar-refractivity contribution in [1.82, 2.24) is 0 Å². The van der Waals surface area contributed by atoms with Crippen molar-refractivity contribution in [3.8, 4) is 0 Å². The number of halogens is 1. The summed E-state index contributed by atoms with van der Waals surface area (Å²) in [7, 11) is 0. The van der Waals surface area contributed by atoms with Gasteiger partial charge in [-0.3, -0.25) is 4.79 Å². The first kappa shape index (κ1) is 14.6. The molecule has 0 fully saturated rings. The lowest BCUT2D eigenvalue weighted by molar-refractivity contribution is 0.102. The smallest absolute Gasteiger partial charge is 0.256 e. The molecule has 2 aromatic carbocycles. The lowest BCUT2D eigenvalue weighted by Gasteiger charge is -2.13. The summed E-state index contributed by atoms with van der Waals surface area (Å²) < 4.78 is 0.823. The van der Waals surface area contributed by atoms with Crippen LogP contribution in [-0.2, 0) is 0 Å². The van der Waals surface area contributed by atoms with Gasteiger partial charge >= 0.3 is 0 Å². The normalized spacial score (nSPS) is 10.4. The van der Waals surface area contributed by atoms with Gasteiger partial charge < -0.3 is 11.1 Å². The van der Waals surface area contributed by atoms with Gasteiger partial charge in [-0.05, 0) is 65.5 Å². The molecule has 0 heterocycles. The van der Waals surface area contributed by atoms with E-state index in [0.29, 0.717) is 16.9 Å². The highest BCUT2D eigenvalue weighted by Gasteiger charge is 2.14. The molecule has 1 amide bonds. The first-order chi connectivity index (χ1) is 9.40. The fourth-order valence-electron chi connectivity index (χ4n) is 2.14. The summed E-state index contributed by atoms with van der Waals surface area (Å²) in [6.07, 6.45) is 0. The molecule has 0 atom stereocenters. The van der Waals surface area contributed by atoms with Crippen LogP contribution in [0, 0.1) is 20.8 Å². The highest BCUT2D eigenvalue weighted by atomic mass is 79.9. The first-order valence-corrected chi connectivity index (χ1v) is 7.12. The molecule has 0 bridgehead atoms. The average Bonchev–Trinajstić information content (AvgIpc) is 2.35. The molecule has 0 radical (unpaired) electrons. The lowest BCUT2D eigenvalue weighted by Crippen LogP contribution is -2.15. The molecule has 4 heteroatoms. The van der Waals surface area contributed by atoms with Crippen molar-refractivity contribution in [3.05, 3.63) is 57.1 Å². The van der Waals surface area contributed by atoms with E-state index >= 15 is 0 Å². The van der Waals surface area contributed by atoms with Crippen molar-refractivity contribution in [2.75, 3.05) is 11.1 Å². The molecule has 104 valence electrons. The summed E-state index contributed by atoms with van der Waals surface area (Å²) >= 11 is 3.45. The Morgan fingerprint density at radius 1 is 1.10 bits per heavy atom. The third kappa shape index (κ3) is 2.85. The van der Waals surface area contributed by atoms with Gasteiger partial charge in [-0.1, -0.05) is 18.2 Å². The number of carbonyl (C=O) groups is 1. The van der Waals surface area contributed by atoms with Crippen LogP contribution in [0.1, 0.15) is 27.0 Å². The summed E-state index contributed by atoms with van der Waals surface area (Å²) in [6, 6.07) is 9.47. The zero-order chi connectivity index (χ0) is 14.9. The summed E-state index contributed by atoms with van der Waals surface area (Å²) in [5.74, 6) is -0.121. The quantitative estimate of drug-likeness (QED) is 0.809. The minimum absolute atomic E-state index is 0.121. The van der Waals surface area contributed by atoms with E-state index in [4.69, 9.17) is 5.73 Å². The number of benzene rings is 2. The van der Waals surface area contributed by atoms with Crippen molar-refractivity contribution in [2.45, 2.75) is 20.8 Å². The van der Waals surface area contributed by atoms with Crippen LogP contribution in [0.4, 0.5) is 11.4 Å². The molecule has 0 saturated heterocycles. The van der Waals surface area contributed by atoms with Gasteiger partial charge in [0.2, 0.25) is 0 Å². The van der Waals surface area contributed by atoms with Gasteiger partial charge in [-0.2, -0.15) is 0 Å². The SMILES string of the molecule is Cc1cc(Br)c(NC(=O)c2c(C)cccc2C)cc1N. The largest absolute Gasteiger partial charge is 0.398 e. The van der Waals surface area contributed by atoms with Crippen molar-refractivity contribution in [3.63, 3.8) is 0 Å². The van der Waals surface area contributed by atoms with E-state index < -0.39 is 0 Å². The fraction of sp³-hybridized carbons (Fsp3) is 0.188. The molecule has 20 heavy (non-hydrogen) atoms. The van der Waals surface area contributed by atoms with Crippen LogP contribution in [0.15, 0.2) is 34.8 Å². The van der Waals surface area contributed by atoms with E-state index in [1.807, 2.05) is 45.0 Å². The Morgan fingerprint density at radius 3 is 2.30 bits per heavy atom. The van der Waals surface area contributed by atoms with Crippen molar-refractivity contribution >= 4 is 33.2 Å². The maximum Gasteiger partial charge on any atom is 0.256 e. The molecule has 0 unspecified atom stereocenters. The third-order valence-corrected chi connectivity index (χ3v) is 3.97. The van der Waals surface area contributed by atoms with E-state index in [1.165, 1.54) is 0 Å². The number of aryl methyl sites for hydroxylation is 3. The number of hydrogen-bond acceptors (Lipinski definition) is 2. The van der Waals surface area contributed by atoms with Gasteiger partial charge in [0.05, 0.1) is 5.69 Å². The standard InChI is InChI=1S/C16H17BrN2O/c1-9-5-4-6-10(2)15(9)16(20)19-14-8-13(18)11(3)7-12(14)17/h4-8H,18H2,1-3H3,(H,19,20). The molecule has 3 N–H and O–H groups in total. The zero-order valence-corrected chi connectivity index (χ0v) is 13.3. The number of nitrogen functional groups attached to an aromatic ring is 1. The van der Waals surface area contributed by atoms with E-state index in [9.17, 15) is 4.79 Å². The summed E-state index contributed by atoms with van der Waals surface area (Å²) in [4.78, 5) is 12.4. The van der Waals surface area contributed by atoms with Crippen LogP contribution >= 0.6 is 15.9 Å². The molecule has 3 nitrogen and oxygen atoms in total. The Bertz CT molecular complexity index is 660. The van der Waals surface area contributed by atoms with Crippen LogP contribution in [0.3, 0.4) is 0 Å². The summed E-state index contributed by atoms with van der Waals surface area (Å²) in [5.41, 5.74) is 10.8. The van der Waals surface area contributed by atoms with Crippen LogP contribution in [-0.4, -0.2) is 5.91 Å². The molecule has 0 aliphatic rings. The second kappa shape index (κ2) is 5.67. The predicted octanol–water partition coefficient (Wildman–Crippen LogP) is 4.21. The number of anilines is 2. The highest BCUT2D eigenvalue weighted by molar-refractivity contribution is 9.10. The lowest BCUT2D eigenvalue weighted by atomic mass is 10.0. The molecule has 2 aromatic rings. The fourth-order valence-corrected chi connectivity index (χ4v) is 2.70. The maximum absolute atomic E-state index is 12.4. The number of carbonyl (C=O) groups excluding carboxylic acids is 1. The van der Waals surface area contributed by atoms with Gasteiger partial charge in [0.1, 0.15) is 0 Å². The molecular weight excluding hydrogens is 316 g/mol. The first-order valence-electron chi connectivity index (χ1n) is 6.33. The summed E-state index contributed by atoms with van der Waals surface area (Å²) in [6.45, 7) is 5.79. The minimum Gasteiger partial charge on any atom is -0.398 e. The van der Waals surface area contributed by atoms with Gasteiger partial charge in [-0.25, -0.2) is 0 Å². The number of hydrogen-bond donors (Lipinski definition) is 2. The van der Waals surface area contributed by atoms with Crippen LogP contribution in [0.5, 0.6) is 0 Å². The molecule has 0 aliphatic heterocycles. The van der Waals surface area contributed by atoms with Crippen LogP contribution in [0.25, 0.3) is 0 Å². The van der Waals surface area contributed by atoms with E-state index in [0.717, 1.165) is 21.2 Å². The average molecular weight is 333 g/mol. The predicted molar refractivity (Wildman–Crippen MR) is 87.2 cm³/mol. The Kier molecular flexibility index (Phi) is 4.14. The van der Waals surface area contributed by atoms with Crippen molar-refractivity contribution < 1.29 is 4.79 Å². The van der Waals surface area contributed by atoms with Gasteiger partial charge in [-0.15, -0.1) is 0 Å². The minimum atomic E-state index is -0.121. The Labute approximate surface area is 127 Å². The summed E-state index contributed by atoms with van der Waals surface area (Å²) in [5, 5.41) is 2.91. The molecular formula is C16H17BrN2O. The number of amides is 1. The third-order valence-electron chi connectivity index (χ3n) is 3.31. The Morgan fingerprint density at radius 2 is 1.70 bits per heavy atom. The van der Waals surface area contributed by atoms with Crippen molar-refractivity contribution in [1.29, 1.82) is 0 Å². The molecule has 0 spiro atoms. The molecule has 0 saturated carbocycles. The molecule has 2 rings (SSSR count). The number of nitrogens with two attached hydrogens (primary N) is 1. The topological polar surface area (TPSA) is 55.1 Å². The molecule has 0 aromatic heterocycles. The van der Waals surface area contributed by atoms with Gasteiger partial charge in [0.15, 0.2) is 0 Å². The molecule has 0 aliphatic carbocycles. The number of rotatable bonds is 2. The van der Waals surface area contributed by atoms with Crippen LogP contribution < -0.4 is 11.1 Å². The van der Waals surface area contributed by atoms with Crippen molar-refractivity contribution in [2.24, 2.45) is 0 Å². The van der Waals surface area contributed by atoms with Gasteiger partial charge in [0, 0.05) is 15.7 Å². The van der Waals surface area contributed by atoms with Crippen LogP contribution in [0.2, 0.25) is 0 Å². The van der Waals surface area contributed by atoms with E-state index in [1.54, 1.807) is 6.07 Å². The second-order valence-corrected chi connectivity index (χ2v) is 5.76. The van der Waals surface area contributed by atoms with E-state index in [2.05, 4.69) is 21.2 Å². The Hall–Kier alpha value is -1.81. The highest BCUT2D eigenvalue weighted by Crippen LogP contribution is 2.28. The monoisotopic (exact) mass is 332 g/mol. The zero-order valence-electron chi connectivity index (χ0n) is 11.8.